The summed E-state index contributed by atoms with van der Waals surface area (Å²) < 4.78 is 27.3. The van der Waals surface area contributed by atoms with Crippen molar-refractivity contribution in [2.75, 3.05) is 16.2 Å². The second-order valence-corrected chi connectivity index (χ2v) is 9.21. The fraction of sp³-hybridized carbons (Fsp3) is 0.200. The third-order valence-corrected chi connectivity index (χ3v) is 6.89. The molecule has 0 radical (unpaired) electrons. The Labute approximate surface area is 174 Å². The van der Waals surface area contributed by atoms with Gasteiger partial charge in [-0.2, -0.15) is 0 Å². The highest BCUT2D eigenvalue weighted by Crippen LogP contribution is 2.25. The van der Waals surface area contributed by atoms with E-state index in [1.807, 2.05) is 30.3 Å². The molecule has 29 heavy (non-hydrogen) atoms. The molecule has 0 aliphatic carbocycles. The van der Waals surface area contributed by atoms with Gasteiger partial charge in [-0.1, -0.05) is 30.3 Å². The van der Waals surface area contributed by atoms with Gasteiger partial charge in [-0.05, 0) is 36.2 Å². The number of hydrogen-bond donors (Lipinski definition) is 2. The highest BCUT2D eigenvalue weighted by molar-refractivity contribution is 7.93. The van der Waals surface area contributed by atoms with Crippen molar-refractivity contribution in [2.45, 2.75) is 23.9 Å². The number of sulfonamides is 1. The molecule has 3 aromatic rings. The second kappa shape index (κ2) is 8.32. The topological polar surface area (TPSA) is 91.4 Å². The summed E-state index contributed by atoms with van der Waals surface area (Å²) in [6.07, 6.45) is 2.24. The number of thiazole rings is 1. The normalized spacial score (nSPS) is 16.9. The molecular formula is C20H22N4O3S2. The average Bonchev–Trinajstić information content (AvgIpc) is 3.36. The van der Waals surface area contributed by atoms with Crippen LogP contribution < -0.4 is 14.9 Å². The van der Waals surface area contributed by atoms with Crippen LogP contribution in [0.3, 0.4) is 0 Å². The summed E-state index contributed by atoms with van der Waals surface area (Å²) in [4.78, 5) is 18.5. The number of anilines is 2. The van der Waals surface area contributed by atoms with Crippen molar-refractivity contribution in [3.63, 3.8) is 0 Å². The van der Waals surface area contributed by atoms with Crippen molar-refractivity contribution in [3.8, 4) is 0 Å². The van der Waals surface area contributed by atoms with Gasteiger partial charge in [-0.15, -0.1) is 11.3 Å². The first-order valence-corrected chi connectivity index (χ1v) is 11.5. The number of carbonyl (C=O) groups excluding carboxylic acids is 1. The molecule has 4 rings (SSSR count). The summed E-state index contributed by atoms with van der Waals surface area (Å²) in [6.45, 7) is 1.22. The van der Waals surface area contributed by atoms with Crippen molar-refractivity contribution in [3.05, 3.63) is 71.7 Å². The lowest BCUT2D eigenvalue weighted by atomic mass is 10.2. The molecule has 1 atom stereocenters. The number of rotatable bonds is 7. The van der Waals surface area contributed by atoms with Gasteiger partial charge in [0.05, 0.1) is 10.9 Å². The van der Waals surface area contributed by atoms with E-state index in [4.69, 9.17) is 0 Å². The van der Waals surface area contributed by atoms with E-state index >= 15 is 0 Å². The average molecular weight is 431 g/mol. The molecule has 1 aliphatic rings. The van der Waals surface area contributed by atoms with Gasteiger partial charge in [0.15, 0.2) is 5.13 Å². The molecule has 9 heteroatoms. The molecule has 1 aromatic heterocycles. The summed E-state index contributed by atoms with van der Waals surface area (Å²) in [5, 5.41) is 5.32. The smallest absolute Gasteiger partial charge is 0.263 e. The standard InChI is InChI=1S/C20H20N4O3S2.H2/c25-19-18(22-14-15-4-2-1-3-5-15)10-12-24(19)16-6-8-17(9-7-16)29(26,27)23-20-21-11-13-28-20;/h1-9,11,13,18,22H,10,12,14H2,(H,21,23);1H. The Balaban J connectivity index is 0.00000256. The minimum atomic E-state index is -3.70. The van der Waals surface area contributed by atoms with E-state index in [1.54, 1.807) is 22.4 Å². The van der Waals surface area contributed by atoms with E-state index in [-0.39, 0.29) is 18.3 Å². The molecule has 0 bridgehead atoms. The van der Waals surface area contributed by atoms with Crippen LogP contribution in [0.25, 0.3) is 0 Å². The van der Waals surface area contributed by atoms with Crippen LogP contribution in [-0.2, 0) is 21.4 Å². The van der Waals surface area contributed by atoms with Gasteiger partial charge < -0.3 is 10.2 Å². The lowest BCUT2D eigenvalue weighted by Crippen LogP contribution is -2.38. The summed E-state index contributed by atoms with van der Waals surface area (Å²) in [7, 11) is -3.70. The van der Waals surface area contributed by atoms with Crippen LogP contribution in [0, 0.1) is 0 Å². The predicted molar refractivity (Wildman–Crippen MR) is 116 cm³/mol. The maximum absolute atomic E-state index is 12.7. The van der Waals surface area contributed by atoms with E-state index in [9.17, 15) is 13.2 Å². The van der Waals surface area contributed by atoms with Crippen LogP contribution in [0.15, 0.2) is 71.1 Å². The highest BCUT2D eigenvalue weighted by atomic mass is 32.2. The summed E-state index contributed by atoms with van der Waals surface area (Å²) in [5.74, 6) is -0.00236. The zero-order valence-corrected chi connectivity index (χ0v) is 17.1. The van der Waals surface area contributed by atoms with E-state index < -0.39 is 10.0 Å². The molecular weight excluding hydrogens is 408 g/mol. The molecule has 0 saturated carbocycles. The SMILES string of the molecule is O=C1C(NCc2ccccc2)CCN1c1ccc(S(=O)(=O)Nc2nccs2)cc1.[HH]. The minimum Gasteiger partial charge on any atom is -0.311 e. The molecule has 1 saturated heterocycles. The monoisotopic (exact) mass is 430 g/mol. The molecule has 7 nitrogen and oxygen atoms in total. The molecule has 2 aromatic carbocycles. The Morgan fingerprint density at radius 1 is 1.14 bits per heavy atom. The van der Waals surface area contributed by atoms with Crippen LogP contribution >= 0.6 is 11.3 Å². The van der Waals surface area contributed by atoms with Gasteiger partial charge in [-0.25, -0.2) is 13.4 Å². The minimum absolute atomic E-state index is 0. The predicted octanol–water partition coefficient (Wildman–Crippen LogP) is 3.09. The van der Waals surface area contributed by atoms with Gasteiger partial charge in [0.2, 0.25) is 5.91 Å². The van der Waals surface area contributed by atoms with E-state index in [0.29, 0.717) is 30.3 Å². The number of amides is 1. The van der Waals surface area contributed by atoms with E-state index in [2.05, 4.69) is 15.0 Å². The maximum Gasteiger partial charge on any atom is 0.263 e. The fourth-order valence-electron chi connectivity index (χ4n) is 3.22. The van der Waals surface area contributed by atoms with Gasteiger partial charge in [-0.3, -0.25) is 9.52 Å². The van der Waals surface area contributed by atoms with E-state index in [0.717, 1.165) is 5.56 Å². The number of hydrogen-bond acceptors (Lipinski definition) is 6. The molecule has 0 spiro atoms. The van der Waals surface area contributed by atoms with Gasteiger partial charge in [0.25, 0.3) is 10.0 Å². The first-order valence-electron chi connectivity index (χ1n) is 9.14. The number of carbonyl (C=O) groups is 1. The molecule has 1 aliphatic heterocycles. The third-order valence-electron chi connectivity index (χ3n) is 4.71. The number of aromatic nitrogens is 1. The van der Waals surface area contributed by atoms with Crippen LogP contribution in [-0.4, -0.2) is 31.9 Å². The number of nitrogens with zero attached hydrogens (tertiary/aromatic N) is 2. The lowest BCUT2D eigenvalue weighted by molar-refractivity contribution is -0.118. The Hall–Kier alpha value is -2.75. The van der Waals surface area contributed by atoms with Crippen LogP contribution in [0.4, 0.5) is 10.8 Å². The van der Waals surface area contributed by atoms with Crippen LogP contribution in [0.1, 0.15) is 13.4 Å². The van der Waals surface area contributed by atoms with Crippen molar-refractivity contribution in [1.29, 1.82) is 0 Å². The molecule has 1 unspecified atom stereocenters. The largest absolute Gasteiger partial charge is 0.311 e. The Morgan fingerprint density at radius 2 is 1.90 bits per heavy atom. The van der Waals surface area contributed by atoms with Gasteiger partial charge in [0.1, 0.15) is 0 Å². The van der Waals surface area contributed by atoms with Crippen LogP contribution in [0.5, 0.6) is 0 Å². The van der Waals surface area contributed by atoms with Crippen molar-refractivity contribution in [1.82, 2.24) is 10.3 Å². The summed E-state index contributed by atoms with van der Waals surface area (Å²) in [6, 6.07) is 16.0. The Morgan fingerprint density at radius 3 is 2.59 bits per heavy atom. The fourth-order valence-corrected chi connectivity index (χ4v) is 5.00. The highest BCUT2D eigenvalue weighted by Gasteiger charge is 2.32. The molecule has 152 valence electrons. The zero-order valence-electron chi connectivity index (χ0n) is 15.5. The zero-order chi connectivity index (χ0) is 20.3. The van der Waals surface area contributed by atoms with Gasteiger partial charge >= 0.3 is 0 Å². The Kier molecular flexibility index (Phi) is 5.61. The van der Waals surface area contributed by atoms with Crippen LogP contribution in [0.2, 0.25) is 0 Å². The lowest BCUT2D eigenvalue weighted by Gasteiger charge is -2.18. The van der Waals surface area contributed by atoms with Crippen molar-refractivity contribution >= 4 is 38.1 Å². The quantitative estimate of drug-likeness (QED) is 0.601. The molecule has 1 amide bonds. The third kappa shape index (κ3) is 4.47. The summed E-state index contributed by atoms with van der Waals surface area (Å²) in [5.41, 5.74) is 1.81. The number of benzene rings is 2. The van der Waals surface area contributed by atoms with E-state index in [1.165, 1.54) is 29.7 Å². The van der Waals surface area contributed by atoms with Gasteiger partial charge in [0, 0.05) is 31.8 Å². The van der Waals surface area contributed by atoms with Crippen molar-refractivity contribution in [2.24, 2.45) is 0 Å². The summed E-state index contributed by atoms with van der Waals surface area (Å²) >= 11 is 1.21. The number of nitrogens with one attached hydrogen (secondary N) is 2. The first-order chi connectivity index (χ1) is 14.0. The Bertz CT molecular complexity index is 1080. The molecule has 2 N–H and O–H groups in total. The molecule has 1 fully saturated rings. The molecule has 2 heterocycles. The maximum atomic E-state index is 12.7. The van der Waals surface area contributed by atoms with Crippen molar-refractivity contribution < 1.29 is 14.6 Å². The second-order valence-electron chi connectivity index (χ2n) is 6.63. The first kappa shape index (κ1) is 19.6.